The lowest BCUT2D eigenvalue weighted by Gasteiger charge is -2.10. The second-order valence-electron chi connectivity index (χ2n) is 4.88. The molecule has 22 heavy (non-hydrogen) atoms. The SMILES string of the molecule is O=Cc1cc(OCc2ccccc2)ccc1-c1cccnc1. The van der Waals surface area contributed by atoms with Gasteiger partial charge in [0.05, 0.1) is 0 Å². The number of aromatic nitrogens is 1. The minimum atomic E-state index is 0.478. The second-order valence-corrected chi connectivity index (χ2v) is 4.88. The van der Waals surface area contributed by atoms with Gasteiger partial charge < -0.3 is 4.74 Å². The largest absolute Gasteiger partial charge is 0.489 e. The van der Waals surface area contributed by atoms with Gasteiger partial charge >= 0.3 is 0 Å². The van der Waals surface area contributed by atoms with Crippen LogP contribution >= 0.6 is 0 Å². The fraction of sp³-hybridized carbons (Fsp3) is 0.0526. The first-order valence-electron chi connectivity index (χ1n) is 7.03. The lowest BCUT2D eigenvalue weighted by molar-refractivity contribution is 0.112. The van der Waals surface area contributed by atoms with Gasteiger partial charge in [0.25, 0.3) is 0 Å². The van der Waals surface area contributed by atoms with Crippen LogP contribution in [0.2, 0.25) is 0 Å². The molecule has 2 aromatic carbocycles. The first-order valence-corrected chi connectivity index (χ1v) is 7.03. The zero-order valence-electron chi connectivity index (χ0n) is 12.0. The molecule has 3 heteroatoms. The van der Waals surface area contributed by atoms with E-state index in [0.29, 0.717) is 17.9 Å². The Morgan fingerprint density at radius 1 is 1.00 bits per heavy atom. The number of aldehydes is 1. The van der Waals surface area contributed by atoms with E-state index >= 15 is 0 Å². The van der Waals surface area contributed by atoms with Crippen molar-refractivity contribution in [3.63, 3.8) is 0 Å². The summed E-state index contributed by atoms with van der Waals surface area (Å²) in [4.78, 5) is 15.4. The van der Waals surface area contributed by atoms with Crippen LogP contribution in [0, 0.1) is 0 Å². The van der Waals surface area contributed by atoms with Gasteiger partial charge in [0.1, 0.15) is 12.4 Å². The normalized spacial score (nSPS) is 10.2. The molecule has 3 rings (SSSR count). The van der Waals surface area contributed by atoms with Gasteiger partial charge in [0.2, 0.25) is 0 Å². The third kappa shape index (κ3) is 3.20. The van der Waals surface area contributed by atoms with E-state index < -0.39 is 0 Å². The van der Waals surface area contributed by atoms with E-state index in [1.54, 1.807) is 18.5 Å². The molecular weight excluding hydrogens is 274 g/mol. The van der Waals surface area contributed by atoms with Crippen molar-refractivity contribution in [2.45, 2.75) is 6.61 Å². The van der Waals surface area contributed by atoms with Crippen LogP contribution in [0.15, 0.2) is 73.1 Å². The van der Waals surface area contributed by atoms with E-state index in [2.05, 4.69) is 4.98 Å². The number of carbonyl (C=O) groups excluding carboxylic acids is 1. The molecule has 0 fully saturated rings. The molecular formula is C19H15NO2. The average molecular weight is 289 g/mol. The summed E-state index contributed by atoms with van der Waals surface area (Å²) in [5, 5.41) is 0. The highest BCUT2D eigenvalue weighted by Crippen LogP contribution is 2.26. The number of hydrogen-bond acceptors (Lipinski definition) is 3. The van der Waals surface area contributed by atoms with Crippen molar-refractivity contribution in [3.8, 4) is 16.9 Å². The summed E-state index contributed by atoms with van der Waals surface area (Å²) >= 11 is 0. The molecule has 0 saturated heterocycles. The third-order valence-corrected chi connectivity index (χ3v) is 3.37. The fourth-order valence-electron chi connectivity index (χ4n) is 2.25. The first kappa shape index (κ1) is 14.0. The highest BCUT2D eigenvalue weighted by atomic mass is 16.5. The zero-order valence-corrected chi connectivity index (χ0v) is 12.0. The van der Waals surface area contributed by atoms with Crippen LogP contribution in [-0.4, -0.2) is 11.3 Å². The molecule has 3 aromatic rings. The number of nitrogens with zero attached hydrogens (tertiary/aromatic N) is 1. The van der Waals surface area contributed by atoms with E-state index in [1.165, 1.54) is 0 Å². The van der Waals surface area contributed by atoms with Gasteiger partial charge in [-0.2, -0.15) is 0 Å². The van der Waals surface area contributed by atoms with Crippen LogP contribution in [-0.2, 0) is 6.61 Å². The molecule has 0 aliphatic heterocycles. The molecule has 0 unspecified atom stereocenters. The van der Waals surface area contributed by atoms with Crippen molar-refractivity contribution < 1.29 is 9.53 Å². The van der Waals surface area contributed by atoms with Crippen molar-refractivity contribution in [2.24, 2.45) is 0 Å². The van der Waals surface area contributed by atoms with E-state index in [1.807, 2.05) is 54.6 Å². The minimum Gasteiger partial charge on any atom is -0.489 e. The number of ether oxygens (including phenoxy) is 1. The van der Waals surface area contributed by atoms with Crippen molar-refractivity contribution in [1.29, 1.82) is 0 Å². The average Bonchev–Trinajstić information content (AvgIpc) is 2.61. The van der Waals surface area contributed by atoms with Crippen LogP contribution in [0.25, 0.3) is 11.1 Å². The van der Waals surface area contributed by atoms with Crippen molar-refractivity contribution >= 4 is 6.29 Å². The lowest BCUT2D eigenvalue weighted by atomic mass is 10.0. The summed E-state index contributed by atoms with van der Waals surface area (Å²) in [6.07, 6.45) is 4.30. The molecule has 1 heterocycles. The molecule has 1 aromatic heterocycles. The van der Waals surface area contributed by atoms with Gasteiger partial charge in [-0.15, -0.1) is 0 Å². The maximum absolute atomic E-state index is 11.4. The second kappa shape index (κ2) is 6.68. The van der Waals surface area contributed by atoms with Gasteiger partial charge in [-0.25, -0.2) is 0 Å². The van der Waals surface area contributed by atoms with Crippen LogP contribution in [0.3, 0.4) is 0 Å². The number of benzene rings is 2. The number of hydrogen-bond donors (Lipinski definition) is 0. The fourth-order valence-corrected chi connectivity index (χ4v) is 2.25. The predicted molar refractivity (Wildman–Crippen MR) is 85.8 cm³/mol. The molecule has 0 amide bonds. The maximum Gasteiger partial charge on any atom is 0.150 e. The minimum absolute atomic E-state index is 0.478. The Kier molecular flexibility index (Phi) is 4.25. The molecule has 0 spiro atoms. The van der Waals surface area contributed by atoms with Crippen molar-refractivity contribution in [1.82, 2.24) is 4.98 Å². The van der Waals surface area contributed by atoms with Crippen LogP contribution in [0.1, 0.15) is 15.9 Å². The van der Waals surface area contributed by atoms with Gasteiger partial charge in [-0.05, 0) is 35.4 Å². The summed E-state index contributed by atoms with van der Waals surface area (Å²) in [6, 6.07) is 19.2. The predicted octanol–water partition coefficient (Wildman–Crippen LogP) is 4.14. The molecule has 0 aliphatic carbocycles. The Hall–Kier alpha value is -2.94. The van der Waals surface area contributed by atoms with E-state index in [0.717, 1.165) is 23.0 Å². The Morgan fingerprint density at radius 2 is 1.86 bits per heavy atom. The summed E-state index contributed by atoms with van der Waals surface area (Å²) < 4.78 is 5.75. The van der Waals surface area contributed by atoms with Crippen LogP contribution in [0.5, 0.6) is 5.75 Å². The summed E-state index contributed by atoms with van der Waals surface area (Å²) in [6.45, 7) is 0.478. The molecule has 3 nitrogen and oxygen atoms in total. The quantitative estimate of drug-likeness (QED) is 0.663. The smallest absolute Gasteiger partial charge is 0.150 e. The monoisotopic (exact) mass is 289 g/mol. The molecule has 0 radical (unpaired) electrons. The van der Waals surface area contributed by atoms with Crippen LogP contribution in [0.4, 0.5) is 0 Å². The molecule has 0 aliphatic rings. The molecule has 0 N–H and O–H groups in total. The third-order valence-electron chi connectivity index (χ3n) is 3.37. The molecule has 0 saturated carbocycles. The molecule has 0 bridgehead atoms. The summed E-state index contributed by atoms with van der Waals surface area (Å²) in [5.74, 6) is 0.679. The standard InChI is InChI=1S/C19H15NO2/c21-13-17-11-18(22-14-15-5-2-1-3-6-15)8-9-19(17)16-7-4-10-20-12-16/h1-13H,14H2. The lowest BCUT2D eigenvalue weighted by Crippen LogP contribution is -1.96. The Labute approximate surface area is 129 Å². The number of carbonyl (C=O) groups is 1. The van der Waals surface area contributed by atoms with Crippen molar-refractivity contribution in [2.75, 3.05) is 0 Å². The van der Waals surface area contributed by atoms with Gasteiger partial charge in [-0.1, -0.05) is 36.4 Å². The highest BCUT2D eigenvalue weighted by Gasteiger charge is 2.07. The van der Waals surface area contributed by atoms with E-state index in [4.69, 9.17) is 4.74 Å². The maximum atomic E-state index is 11.4. The Balaban J connectivity index is 1.81. The van der Waals surface area contributed by atoms with Gasteiger partial charge in [0.15, 0.2) is 6.29 Å². The Morgan fingerprint density at radius 3 is 2.59 bits per heavy atom. The Bertz CT molecular complexity index is 755. The number of pyridine rings is 1. The van der Waals surface area contributed by atoms with Gasteiger partial charge in [-0.3, -0.25) is 9.78 Å². The van der Waals surface area contributed by atoms with E-state index in [-0.39, 0.29) is 0 Å². The molecule has 108 valence electrons. The van der Waals surface area contributed by atoms with Gasteiger partial charge in [0, 0.05) is 23.5 Å². The topological polar surface area (TPSA) is 39.2 Å². The number of rotatable bonds is 5. The van der Waals surface area contributed by atoms with E-state index in [9.17, 15) is 4.79 Å². The van der Waals surface area contributed by atoms with Crippen molar-refractivity contribution in [3.05, 3.63) is 84.2 Å². The summed E-state index contributed by atoms with van der Waals surface area (Å²) in [5.41, 5.74) is 3.46. The summed E-state index contributed by atoms with van der Waals surface area (Å²) in [7, 11) is 0. The molecule has 0 atom stereocenters. The highest BCUT2D eigenvalue weighted by molar-refractivity contribution is 5.88. The first-order chi connectivity index (χ1) is 10.9. The zero-order chi connectivity index (χ0) is 15.2. The van der Waals surface area contributed by atoms with Crippen LogP contribution < -0.4 is 4.74 Å².